The lowest BCUT2D eigenvalue weighted by atomic mass is 10.3. The van der Waals surface area contributed by atoms with Crippen molar-refractivity contribution >= 4 is 0 Å². The molecule has 1 heterocycles. The summed E-state index contributed by atoms with van der Waals surface area (Å²) in [5, 5.41) is 0. The van der Waals surface area contributed by atoms with E-state index in [1.807, 2.05) is 32.0 Å². The van der Waals surface area contributed by atoms with Crippen molar-refractivity contribution in [1.29, 1.82) is 0 Å². The summed E-state index contributed by atoms with van der Waals surface area (Å²) in [7, 11) is 0. The van der Waals surface area contributed by atoms with Gasteiger partial charge in [0.15, 0.2) is 18.4 Å². The molecule has 0 bridgehead atoms. The van der Waals surface area contributed by atoms with Gasteiger partial charge in [-0.15, -0.1) is 0 Å². The number of hydrogen-bond donors (Lipinski definition) is 0. The summed E-state index contributed by atoms with van der Waals surface area (Å²) in [5.74, 6) is 0. The average Bonchev–Trinajstić information content (AvgIpc) is 2.10. The highest BCUT2D eigenvalue weighted by Crippen LogP contribution is 1.88. The molecule has 0 radical (unpaired) electrons. The molecule has 1 aromatic rings. The predicted octanol–water partition coefficient (Wildman–Crippen LogP) is 2.58. The molecule has 0 saturated heterocycles. The molecule has 62 valence electrons. The lowest BCUT2D eigenvalue weighted by molar-refractivity contribution is -0.716. The van der Waals surface area contributed by atoms with Gasteiger partial charge in [0.1, 0.15) is 0 Å². The Balaban J connectivity index is 0.000000461. The van der Waals surface area contributed by atoms with Gasteiger partial charge in [0.25, 0.3) is 0 Å². The van der Waals surface area contributed by atoms with Crippen LogP contribution in [0.3, 0.4) is 0 Å². The second-order valence-corrected chi connectivity index (χ2v) is 2.42. The molecular formula is C10H18N+. The summed E-state index contributed by atoms with van der Waals surface area (Å²) in [6, 6.07) is 6.69. The molecule has 0 aliphatic carbocycles. The van der Waals surface area contributed by atoms with E-state index in [-0.39, 0.29) is 0 Å². The monoisotopic (exact) mass is 152 g/mol. The molecular weight excluding hydrogens is 134 g/mol. The number of pyridine rings is 1. The minimum Gasteiger partial charge on any atom is -0.203 e. The van der Waals surface area contributed by atoms with E-state index in [9.17, 15) is 0 Å². The largest absolute Gasteiger partial charge is 0.203 e. The van der Waals surface area contributed by atoms with E-state index in [1.165, 1.54) is 0 Å². The van der Waals surface area contributed by atoms with Gasteiger partial charge in [-0.1, -0.05) is 19.9 Å². The minimum atomic E-state index is 0.575. The maximum absolute atomic E-state index is 2.17. The Kier molecular flexibility index (Phi) is 5.44. The molecule has 0 saturated carbocycles. The number of nitrogens with zero attached hydrogens (tertiary/aromatic N) is 1. The topological polar surface area (TPSA) is 3.88 Å². The molecule has 0 atom stereocenters. The van der Waals surface area contributed by atoms with Crippen LogP contribution in [0.15, 0.2) is 30.6 Å². The fraction of sp³-hybridized carbons (Fsp3) is 0.500. The van der Waals surface area contributed by atoms with Crippen molar-refractivity contribution in [2.45, 2.75) is 33.7 Å². The van der Waals surface area contributed by atoms with Gasteiger partial charge in [-0.3, -0.25) is 0 Å². The van der Waals surface area contributed by atoms with E-state index in [4.69, 9.17) is 0 Å². The average molecular weight is 152 g/mol. The summed E-state index contributed by atoms with van der Waals surface area (Å²) in [6.07, 6.45) is 4.15. The molecule has 0 aliphatic heterocycles. The van der Waals surface area contributed by atoms with Crippen LogP contribution in [0.2, 0.25) is 0 Å². The summed E-state index contributed by atoms with van der Waals surface area (Å²) < 4.78 is 2.17. The summed E-state index contributed by atoms with van der Waals surface area (Å²) in [6.45, 7) is 8.33. The van der Waals surface area contributed by atoms with Gasteiger partial charge in [0.05, 0.1) is 0 Å². The maximum atomic E-state index is 2.17. The van der Waals surface area contributed by atoms with Gasteiger partial charge < -0.3 is 0 Å². The number of hydrogen-bond acceptors (Lipinski definition) is 0. The van der Waals surface area contributed by atoms with Crippen LogP contribution in [0, 0.1) is 0 Å². The first-order valence-corrected chi connectivity index (χ1v) is 4.26. The molecule has 1 heteroatoms. The number of aromatic nitrogens is 1. The Labute approximate surface area is 69.7 Å². The van der Waals surface area contributed by atoms with Crippen molar-refractivity contribution in [3.8, 4) is 0 Å². The van der Waals surface area contributed by atoms with Gasteiger partial charge >= 0.3 is 0 Å². The van der Waals surface area contributed by atoms with Crippen molar-refractivity contribution < 1.29 is 4.57 Å². The number of rotatable bonds is 1. The molecule has 0 N–H and O–H groups in total. The van der Waals surface area contributed by atoms with Gasteiger partial charge in [-0.2, -0.15) is 0 Å². The van der Waals surface area contributed by atoms with E-state index < -0.39 is 0 Å². The van der Waals surface area contributed by atoms with E-state index in [0.29, 0.717) is 6.04 Å². The van der Waals surface area contributed by atoms with Crippen LogP contribution in [0.5, 0.6) is 0 Å². The molecule has 0 unspecified atom stereocenters. The highest BCUT2D eigenvalue weighted by Gasteiger charge is 2.00. The van der Waals surface area contributed by atoms with Gasteiger partial charge in [0, 0.05) is 12.1 Å². The smallest absolute Gasteiger partial charge is 0.169 e. The molecule has 0 amide bonds. The Morgan fingerprint density at radius 3 is 1.64 bits per heavy atom. The van der Waals surface area contributed by atoms with Crippen molar-refractivity contribution in [3.05, 3.63) is 30.6 Å². The van der Waals surface area contributed by atoms with Crippen molar-refractivity contribution in [2.75, 3.05) is 0 Å². The van der Waals surface area contributed by atoms with Crippen LogP contribution in [-0.2, 0) is 0 Å². The zero-order valence-corrected chi connectivity index (χ0v) is 7.91. The molecule has 1 rings (SSSR count). The highest BCUT2D eigenvalue weighted by atomic mass is 15.0. The molecule has 0 spiro atoms. The molecule has 1 nitrogen and oxygen atoms in total. The van der Waals surface area contributed by atoms with Crippen LogP contribution >= 0.6 is 0 Å². The second-order valence-electron chi connectivity index (χ2n) is 2.42. The van der Waals surface area contributed by atoms with E-state index in [0.717, 1.165) is 0 Å². The van der Waals surface area contributed by atoms with Crippen LogP contribution in [0.4, 0.5) is 0 Å². The van der Waals surface area contributed by atoms with Crippen molar-refractivity contribution in [1.82, 2.24) is 0 Å². The third kappa shape index (κ3) is 3.76. The van der Waals surface area contributed by atoms with E-state index >= 15 is 0 Å². The lowest BCUT2D eigenvalue weighted by Crippen LogP contribution is -2.34. The second kappa shape index (κ2) is 5.90. The van der Waals surface area contributed by atoms with Gasteiger partial charge in [-0.05, 0) is 13.8 Å². The first-order valence-electron chi connectivity index (χ1n) is 4.26. The quantitative estimate of drug-likeness (QED) is 0.544. The van der Waals surface area contributed by atoms with Crippen LogP contribution in [0.25, 0.3) is 0 Å². The van der Waals surface area contributed by atoms with Crippen LogP contribution in [-0.4, -0.2) is 0 Å². The third-order valence-corrected chi connectivity index (χ3v) is 1.33. The van der Waals surface area contributed by atoms with Gasteiger partial charge in [-0.25, -0.2) is 4.57 Å². The van der Waals surface area contributed by atoms with E-state index in [2.05, 4.69) is 30.8 Å². The fourth-order valence-electron chi connectivity index (χ4n) is 0.756. The maximum Gasteiger partial charge on any atom is 0.169 e. The Morgan fingerprint density at radius 1 is 0.909 bits per heavy atom. The molecule has 0 fully saturated rings. The summed E-state index contributed by atoms with van der Waals surface area (Å²) in [5.41, 5.74) is 0. The SMILES string of the molecule is CC.CC(C)[n+]1ccccc1. The predicted molar refractivity (Wildman–Crippen MR) is 48.4 cm³/mol. The molecule has 11 heavy (non-hydrogen) atoms. The molecule has 0 aromatic carbocycles. The standard InChI is InChI=1S/C8H12N.C2H6/c1-8(2)9-6-4-3-5-7-9;1-2/h3-8H,1-2H3;1-2H3/q+1;. The Bertz CT molecular complexity index is 167. The summed E-state index contributed by atoms with van der Waals surface area (Å²) in [4.78, 5) is 0. The first-order chi connectivity index (χ1) is 5.30. The third-order valence-electron chi connectivity index (χ3n) is 1.33. The fourth-order valence-corrected chi connectivity index (χ4v) is 0.756. The Hall–Kier alpha value is -0.850. The molecule has 0 aliphatic rings. The van der Waals surface area contributed by atoms with Gasteiger partial charge in [0.2, 0.25) is 0 Å². The highest BCUT2D eigenvalue weighted by molar-refractivity contribution is 4.83. The van der Waals surface area contributed by atoms with Crippen LogP contribution in [0.1, 0.15) is 33.7 Å². The van der Waals surface area contributed by atoms with Crippen molar-refractivity contribution in [3.63, 3.8) is 0 Å². The lowest BCUT2D eigenvalue weighted by Gasteiger charge is -1.96. The van der Waals surface area contributed by atoms with Crippen LogP contribution < -0.4 is 4.57 Å². The minimum absolute atomic E-state index is 0.575. The zero-order valence-electron chi connectivity index (χ0n) is 7.91. The van der Waals surface area contributed by atoms with Crippen molar-refractivity contribution in [2.24, 2.45) is 0 Å². The summed E-state index contributed by atoms with van der Waals surface area (Å²) >= 11 is 0. The first kappa shape index (κ1) is 10.2. The zero-order chi connectivity index (χ0) is 8.69. The Morgan fingerprint density at radius 2 is 1.36 bits per heavy atom. The van der Waals surface area contributed by atoms with E-state index in [1.54, 1.807) is 0 Å². The molecule has 1 aromatic heterocycles. The normalized spacial score (nSPS) is 8.82.